The minimum Gasteiger partial charge on any atom is -0.381 e. The summed E-state index contributed by atoms with van der Waals surface area (Å²) in [6.45, 7) is 5.14. The fourth-order valence-electron chi connectivity index (χ4n) is 4.38. The highest BCUT2D eigenvalue weighted by molar-refractivity contribution is 4.94. The van der Waals surface area contributed by atoms with E-state index in [0.29, 0.717) is 6.04 Å². The van der Waals surface area contributed by atoms with Crippen LogP contribution in [0.1, 0.15) is 32.1 Å². The van der Waals surface area contributed by atoms with Crippen molar-refractivity contribution in [3.05, 3.63) is 0 Å². The van der Waals surface area contributed by atoms with Crippen LogP contribution in [0.3, 0.4) is 0 Å². The van der Waals surface area contributed by atoms with Crippen LogP contribution in [0, 0.1) is 5.92 Å². The van der Waals surface area contributed by atoms with Gasteiger partial charge in [0.15, 0.2) is 0 Å². The summed E-state index contributed by atoms with van der Waals surface area (Å²) in [5.41, 5.74) is 6.12. The van der Waals surface area contributed by atoms with E-state index in [1.165, 1.54) is 45.2 Å². The first kappa shape index (κ1) is 13.8. The number of fused-ring (bicyclic) bond motifs is 2. The monoisotopic (exact) mass is 267 g/mol. The van der Waals surface area contributed by atoms with Crippen molar-refractivity contribution in [3.63, 3.8) is 0 Å². The minimum atomic E-state index is 0.580. The lowest BCUT2D eigenvalue weighted by molar-refractivity contribution is 0.0254. The van der Waals surface area contributed by atoms with Crippen molar-refractivity contribution >= 4 is 0 Å². The Hall–Kier alpha value is -0.160. The highest BCUT2D eigenvalue weighted by Crippen LogP contribution is 2.31. The first-order valence-electron chi connectivity index (χ1n) is 8.03. The second-order valence-corrected chi connectivity index (χ2v) is 6.59. The van der Waals surface area contributed by atoms with E-state index in [0.717, 1.165) is 37.8 Å². The van der Waals surface area contributed by atoms with Gasteiger partial charge in [0.25, 0.3) is 0 Å². The van der Waals surface area contributed by atoms with E-state index in [1.807, 2.05) is 0 Å². The SMILES string of the molecule is CN1C2CCC1CN(C(CN)C1CCOCC1)CC2. The van der Waals surface area contributed by atoms with E-state index in [4.69, 9.17) is 10.5 Å². The zero-order chi connectivity index (χ0) is 13.2. The lowest BCUT2D eigenvalue weighted by Crippen LogP contribution is -2.50. The summed E-state index contributed by atoms with van der Waals surface area (Å²) in [6.07, 6.45) is 6.50. The number of nitrogens with zero attached hydrogens (tertiary/aromatic N) is 2. The highest BCUT2D eigenvalue weighted by atomic mass is 16.5. The average molecular weight is 267 g/mol. The molecule has 0 spiro atoms. The Balaban J connectivity index is 1.66. The fourth-order valence-corrected chi connectivity index (χ4v) is 4.38. The third-order valence-electron chi connectivity index (χ3n) is 5.70. The Morgan fingerprint density at radius 2 is 1.84 bits per heavy atom. The summed E-state index contributed by atoms with van der Waals surface area (Å²) in [7, 11) is 2.32. The number of hydrogen-bond acceptors (Lipinski definition) is 4. The van der Waals surface area contributed by atoms with Crippen molar-refractivity contribution in [2.75, 3.05) is 39.9 Å². The third kappa shape index (κ3) is 2.82. The topological polar surface area (TPSA) is 41.7 Å². The molecule has 4 nitrogen and oxygen atoms in total. The first-order chi connectivity index (χ1) is 9.29. The molecule has 3 unspecified atom stereocenters. The van der Waals surface area contributed by atoms with Gasteiger partial charge in [-0.2, -0.15) is 0 Å². The lowest BCUT2D eigenvalue weighted by Gasteiger charge is -2.39. The summed E-state index contributed by atoms with van der Waals surface area (Å²) < 4.78 is 5.51. The van der Waals surface area contributed by atoms with Gasteiger partial charge in [-0.1, -0.05) is 0 Å². The van der Waals surface area contributed by atoms with Crippen LogP contribution in [-0.4, -0.2) is 67.8 Å². The molecule has 19 heavy (non-hydrogen) atoms. The molecule has 2 N–H and O–H groups in total. The van der Waals surface area contributed by atoms with Crippen molar-refractivity contribution in [2.45, 2.75) is 50.2 Å². The molecule has 3 aliphatic heterocycles. The molecular formula is C15H29N3O. The average Bonchev–Trinajstić information content (AvgIpc) is 2.68. The molecule has 3 saturated heterocycles. The second kappa shape index (κ2) is 6.08. The molecular weight excluding hydrogens is 238 g/mol. The molecule has 0 aromatic heterocycles. The predicted octanol–water partition coefficient (Wildman–Crippen LogP) is 0.909. The second-order valence-electron chi connectivity index (χ2n) is 6.59. The summed E-state index contributed by atoms with van der Waals surface area (Å²) in [5, 5.41) is 0. The molecule has 110 valence electrons. The van der Waals surface area contributed by atoms with Crippen LogP contribution in [-0.2, 0) is 4.74 Å². The van der Waals surface area contributed by atoms with Gasteiger partial charge in [-0.3, -0.25) is 9.80 Å². The van der Waals surface area contributed by atoms with E-state index < -0.39 is 0 Å². The molecule has 0 aromatic carbocycles. The smallest absolute Gasteiger partial charge is 0.0469 e. The number of hydrogen-bond donors (Lipinski definition) is 1. The van der Waals surface area contributed by atoms with Gasteiger partial charge < -0.3 is 10.5 Å². The molecule has 0 aromatic rings. The Bertz CT molecular complexity index is 293. The zero-order valence-electron chi connectivity index (χ0n) is 12.3. The maximum Gasteiger partial charge on any atom is 0.0469 e. The first-order valence-corrected chi connectivity index (χ1v) is 8.03. The molecule has 3 atom stereocenters. The Kier molecular flexibility index (Phi) is 4.42. The van der Waals surface area contributed by atoms with E-state index in [-0.39, 0.29) is 0 Å². The molecule has 2 bridgehead atoms. The molecule has 0 aliphatic carbocycles. The van der Waals surface area contributed by atoms with Gasteiger partial charge in [0.1, 0.15) is 0 Å². The highest BCUT2D eigenvalue weighted by Gasteiger charge is 2.38. The Labute approximate surface area is 117 Å². The number of likely N-dealkylation sites (N-methyl/N-ethyl adjacent to an activating group) is 1. The lowest BCUT2D eigenvalue weighted by atomic mass is 9.89. The summed E-state index contributed by atoms with van der Waals surface area (Å²) in [4.78, 5) is 5.33. The molecule has 3 aliphatic rings. The van der Waals surface area contributed by atoms with Gasteiger partial charge in [-0.15, -0.1) is 0 Å². The molecule has 4 heteroatoms. The molecule has 0 amide bonds. The van der Waals surface area contributed by atoms with Crippen molar-refractivity contribution < 1.29 is 4.74 Å². The van der Waals surface area contributed by atoms with Crippen LogP contribution < -0.4 is 5.73 Å². The standard InChI is InChI=1S/C15H29N3O/c1-17-13-2-3-14(17)11-18(7-4-13)15(10-16)12-5-8-19-9-6-12/h12-15H,2-11,16H2,1H3. The number of ether oxygens (including phenoxy) is 1. The number of rotatable bonds is 3. The van der Waals surface area contributed by atoms with E-state index in [1.54, 1.807) is 0 Å². The van der Waals surface area contributed by atoms with Gasteiger partial charge >= 0.3 is 0 Å². The van der Waals surface area contributed by atoms with Crippen LogP contribution in [0.25, 0.3) is 0 Å². The number of likely N-dealkylation sites (tertiary alicyclic amines) is 1. The predicted molar refractivity (Wildman–Crippen MR) is 77.1 cm³/mol. The largest absolute Gasteiger partial charge is 0.381 e. The van der Waals surface area contributed by atoms with Crippen molar-refractivity contribution in [1.82, 2.24) is 9.80 Å². The summed E-state index contributed by atoms with van der Waals surface area (Å²) in [5.74, 6) is 0.751. The van der Waals surface area contributed by atoms with Crippen LogP contribution in [0.4, 0.5) is 0 Å². The minimum absolute atomic E-state index is 0.580. The molecule has 3 heterocycles. The van der Waals surface area contributed by atoms with Gasteiger partial charge in [0.05, 0.1) is 0 Å². The summed E-state index contributed by atoms with van der Waals surface area (Å²) >= 11 is 0. The van der Waals surface area contributed by atoms with E-state index in [2.05, 4.69) is 16.8 Å². The molecule has 0 saturated carbocycles. The Morgan fingerprint density at radius 1 is 1.11 bits per heavy atom. The quantitative estimate of drug-likeness (QED) is 0.825. The van der Waals surface area contributed by atoms with Crippen molar-refractivity contribution in [2.24, 2.45) is 11.7 Å². The van der Waals surface area contributed by atoms with Gasteiger partial charge in [0, 0.05) is 51.0 Å². The van der Waals surface area contributed by atoms with E-state index >= 15 is 0 Å². The van der Waals surface area contributed by atoms with Crippen LogP contribution in [0.2, 0.25) is 0 Å². The molecule has 3 fully saturated rings. The third-order valence-corrected chi connectivity index (χ3v) is 5.70. The molecule has 3 rings (SSSR count). The fraction of sp³-hybridized carbons (Fsp3) is 1.00. The van der Waals surface area contributed by atoms with Crippen molar-refractivity contribution in [3.8, 4) is 0 Å². The normalized spacial score (nSPS) is 36.3. The van der Waals surface area contributed by atoms with Gasteiger partial charge in [0.2, 0.25) is 0 Å². The number of nitrogens with two attached hydrogens (primary N) is 1. The van der Waals surface area contributed by atoms with Crippen LogP contribution >= 0.6 is 0 Å². The van der Waals surface area contributed by atoms with E-state index in [9.17, 15) is 0 Å². The Morgan fingerprint density at radius 3 is 2.58 bits per heavy atom. The van der Waals surface area contributed by atoms with Crippen LogP contribution in [0.5, 0.6) is 0 Å². The maximum absolute atomic E-state index is 6.12. The zero-order valence-corrected chi connectivity index (χ0v) is 12.3. The summed E-state index contributed by atoms with van der Waals surface area (Å²) in [6, 6.07) is 2.17. The van der Waals surface area contributed by atoms with Crippen molar-refractivity contribution in [1.29, 1.82) is 0 Å². The van der Waals surface area contributed by atoms with Crippen LogP contribution in [0.15, 0.2) is 0 Å². The van der Waals surface area contributed by atoms with Gasteiger partial charge in [-0.25, -0.2) is 0 Å². The maximum atomic E-state index is 6.12. The van der Waals surface area contributed by atoms with Gasteiger partial charge in [-0.05, 0) is 45.1 Å². The molecule has 0 radical (unpaired) electrons.